The van der Waals surface area contributed by atoms with Gasteiger partial charge in [0.2, 0.25) is 6.04 Å². The zero-order valence-electron chi connectivity index (χ0n) is 25.7. The van der Waals surface area contributed by atoms with Crippen molar-refractivity contribution in [3.05, 3.63) is 103 Å². The van der Waals surface area contributed by atoms with Gasteiger partial charge in [-0.15, -0.1) is 10.2 Å². The zero-order valence-corrected chi connectivity index (χ0v) is 26.5. The number of carbonyl (C=O) groups excluding carboxylic acids is 1. The molecule has 1 aliphatic rings. The van der Waals surface area contributed by atoms with Gasteiger partial charge in [-0.2, -0.15) is 39.0 Å². The molecule has 17 heteroatoms. The van der Waals surface area contributed by atoms with E-state index in [-0.39, 0.29) is 22.1 Å². The number of aryl methyl sites for hydroxylation is 1. The largest absolute Gasteiger partial charge is 0.505 e. The monoisotopic (exact) mass is 692 g/mol. The minimum absolute atomic E-state index is 0.0506. The van der Waals surface area contributed by atoms with Crippen LogP contribution in [-0.4, -0.2) is 51.9 Å². The smallest absolute Gasteiger partial charge is 0.355 e. The van der Waals surface area contributed by atoms with E-state index in [1.165, 1.54) is 30.3 Å². The maximum Gasteiger partial charge on any atom is 0.355 e. The summed E-state index contributed by atoms with van der Waals surface area (Å²) in [5.41, 5.74) is 0.505. The fourth-order valence-corrected chi connectivity index (χ4v) is 5.58. The van der Waals surface area contributed by atoms with E-state index in [9.17, 15) is 37.9 Å². The van der Waals surface area contributed by atoms with Crippen molar-refractivity contribution in [3.63, 3.8) is 0 Å². The van der Waals surface area contributed by atoms with Gasteiger partial charge in [0.05, 0.1) is 28.1 Å². The number of hydrogen-bond acceptors (Lipinski definition) is 13. The number of carboxylic acid groups (broad SMARTS) is 1. The Morgan fingerprint density at radius 1 is 0.760 bits per heavy atom. The van der Waals surface area contributed by atoms with Crippen molar-refractivity contribution in [3.8, 4) is 11.5 Å². The van der Waals surface area contributed by atoms with Gasteiger partial charge in [-0.25, -0.2) is 4.79 Å². The van der Waals surface area contributed by atoms with Gasteiger partial charge in [-0.1, -0.05) is 36.4 Å². The van der Waals surface area contributed by atoms with E-state index in [1.54, 1.807) is 67.6 Å². The Balaban J connectivity index is 1.27. The lowest BCUT2D eigenvalue weighted by Crippen LogP contribution is -2.32. The summed E-state index contributed by atoms with van der Waals surface area (Å²) in [6.45, 7) is 1.57. The van der Waals surface area contributed by atoms with E-state index in [1.807, 2.05) is 0 Å². The third kappa shape index (κ3) is 6.66. The molecule has 1 amide bonds. The van der Waals surface area contributed by atoms with Crippen LogP contribution in [0.15, 0.2) is 138 Å². The van der Waals surface area contributed by atoms with Crippen molar-refractivity contribution in [1.82, 2.24) is 0 Å². The number of benzene rings is 5. The number of amides is 1. The predicted octanol–water partition coefficient (Wildman–Crippen LogP) is 7.58. The first-order valence-corrected chi connectivity index (χ1v) is 16.0. The van der Waals surface area contributed by atoms with Gasteiger partial charge in [0.25, 0.3) is 16.0 Å². The van der Waals surface area contributed by atoms with Crippen LogP contribution in [0, 0.1) is 6.92 Å². The summed E-state index contributed by atoms with van der Waals surface area (Å²) < 4.78 is 34.3. The van der Waals surface area contributed by atoms with Gasteiger partial charge < -0.3 is 15.3 Å². The molecule has 0 radical (unpaired) electrons. The van der Waals surface area contributed by atoms with Crippen LogP contribution in [0.25, 0.3) is 10.8 Å². The first-order chi connectivity index (χ1) is 23.9. The lowest BCUT2D eigenvalue weighted by atomic mass is 10.0. The molecule has 0 spiro atoms. The highest BCUT2D eigenvalue weighted by atomic mass is 32.2. The molecule has 0 saturated heterocycles. The number of phenols is 2. The molecular formula is C33H24N8O8S. The van der Waals surface area contributed by atoms with E-state index in [0.717, 1.165) is 11.1 Å². The highest BCUT2D eigenvalue weighted by molar-refractivity contribution is 7.86. The normalized spacial score (nSPS) is 15.2. The molecule has 16 nitrogen and oxygen atoms in total. The maximum atomic E-state index is 12.9. The molecule has 0 fully saturated rings. The first kappa shape index (κ1) is 33.2. The fraction of sp³-hybridized carbons (Fsp3) is 0.0606. The third-order valence-electron chi connectivity index (χ3n) is 7.31. The molecule has 1 heterocycles. The van der Waals surface area contributed by atoms with Crippen LogP contribution in [-0.2, 0) is 19.7 Å². The molecule has 4 N–H and O–H groups in total. The zero-order chi connectivity index (χ0) is 35.6. The second-order valence-corrected chi connectivity index (χ2v) is 12.1. The molecule has 5 aromatic carbocycles. The van der Waals surface area contributed by atoms with Crippen molar-refractivity contribution in [1.29, 1.82) is 0 Å². The number of carboxylic acids is 1. The van der Waals surface area contributed by atoms with Gasteiger partial charge in [0.1, 0.15) is 16.3 Å². The number of hydrogen-bond donors (Lipinski definition) is 4. The molecule has 1 aliphatic heterocycles. The number of hydrazone groups is 1. The number of rotatable bonds is 9. The second kappa shape index (κ2) is 13.4. The predicted molar refractivity (Wildman–Crippen MR) is 180 cm³/mol. The quantitative estimate of drug-likeness (QED) is 0.0884. The Labute approximate surface area is 282 Å². The average Bonchev–Trinajstić information content (AvgIpc) is 3.43. The van der Waals surface area contributed by atoms with E-state index >= 15 is 0 Å². The molecular weight excluding hydrogens is 668 g/mol. The highest BCUT2D eigenvalue weighted by Gasteiger charge is 2.41. The Morgan fingerprint density at radius 2 is 1.30 bits per heavy atom. The molecule has 1 atom stereocenters. The van der Waals surface area contributed by atoms with Crippen molar-refractivity contribution in [2.24, 2.45) is 35.8 Å². The molecule has 50 heavy (non-hydrogen) atoms. The fourth-order valence-electron chi connectivity index (χ4n) is 4.93. The summed E-state index contributed by atoms with van der Waals surface area (Å²) in [7, 11) is -4.87. The summed E-state index contributed by atoms with van der Waals surface area (Å²) in [6, 6.07) is 23.6. The van der Waals surface area contributed by atoms with Crippen LogP contribution in [0.2, 0.25) is 0 Å². The highest BCUT2D eigenvalue weighted by Crippen LogP contribution is 2.49. The molecule has 0 saturated carbocycles. The Hall–Kier alpha value is -6.72. The van der Waals surface area contributed by atoms with Crippen molar-refractivity contribution < 1.29 is 37.9 Å². The number of nitrogens with zero attached hydrogens (tertiary/aromatic N) is 8. The van der Waals surface area contributed by atoms with Crippen LogP contribution in [0.3, 0.4) is 0 Å². The number of phenolic OH excluding ortho intramolecular Hbond substituents is 2. The topological polar surface area (TPSA) is 239 Å². The minimum atomic E-state index is -4.87. The number of para-hydroxylation sites is 1. The van der Waals surface area contributed by atoms with E-state index < -0.39 is 55.8 Å². The Morgan fingerprint density at radius 3 is 1.90 bits per heavy atom. The number of fused-ring (bicyclic) bond motifs is 1. The SMILES string of the molecule is Cc1cc2cc(S(=O)(=O)O)c(N=Nc3ccccc3)c(O)c2c(O)c1N=Nc1ccc(N=NC2C(=O)N(c3ccccc3)N=C2C(=O)O)cc1. The van der Waals surface area contributed by atoms with E-state index in [4.69, 9.17) is 0 Å². The number of aromatic hydroxyl groups is 2. The van der Waals surface area contributed by atoms with Crippen LogP contribution in [0.5, 0.6) is 11.5 Å². The van der Waals surface area contributed by atoms with Crippen LogP contribution >= 0.6 is 0 Å². The van der Waals surface area contributed by atoms with Crippen LogP contribution < -0.4 is 5.01 Å². The summed E-state index contributed by atoms with van der Waals surface area (Å²) in [6.07, 6.45) is 0. The average molecular weight is 693 g/mol. The standard InChI is InChI=1S/C33H24N8O8S/c1-18-16-19-17-24(50(47,48)49)27(38-34-20-8-4-2-5-9-20)31(43)25(19)30(42)26(18)37-35-21-12-14-22(15-13-21)36-39-28-29(33(45)46)40-41(32(28)44)23-10-6-3-7-11-23/h2-17,28,42-43H,1H3,(H,45,46)(H,47,48,49). The molecule has 1 unspecified atom stereocenters. The summed E-state index contributed by atoms with van der Waals surface area (Å²) in [4.78, 5) is 24.0. The summed E-state index contributed by atoms with van der Waals surface area (Å²) >= 11 is 0. The second-order valence-electron chi connectivity index (χ2n) is 10.7. The number of aliphatic carboxylic acids is 1. The molecule has 0 aliphatic carbocycles. The van der Waals surface area contributed by atoms with E-state index in [2.05, 4.69) is 35.8 Å². The van der Waals surface area contributed by atoms with Crippen molar-refractivity contribution in [2.75, 3.05) is 5.01 Å². The first-order valence-electron chi connectivity index (χ1n) is 14.5. The minimum Gasteiger partial charge on any atom is -0.505 e. The lowest BCUT2D eigenvalue weighted by molar-refractivity contribution is -0.130. The van der Waals surface area contributed by atoms with Crippen molar-refractivity contribution >= 4 is 72.6 Å². The number of carbonyl (C=O) groups is 2. The Kier molecular flexibility index (Phi) is 8.91. The molecule has 5 aromatic rings. The summed E-state index contributed by atoms with van der Waals surface area (Å²) in [5, 5.41) is 60.6. The maximum absolute atomic E-state index is 12.9. The third-order valence-corrected chi connectivity index (χ3v) is 8.18. The van der Waals surface area contributed by atoms with Crippen molar-refractivity contribution in [2.45, 2.75) is 17.9 Å². The number of anilines is 1. The van der Waals surface area contributed by atoms with E-state index in [0.29, 0.717) is 22.6 Å². The van der Waals surface area contributed by atoms with Gasteiger partial charge in [0, 0.05) is 0 Å². The number of azo groups is 3. The van der Waals surface area contributed by atoms with Gasteiger partial charge in [-0.05, 0) is 78.5 Å². The molecule has 0 bridgehead atoms. The summed E-state index contributed by atoms with van der Waals surface area (Å²) in [5.74, 6) is -3.39. The lowest BCUT2D eigenvalue weighted by Gasteiger charge is -2.12. The molecule has 250 valence electrons. The molecule has 6 rings (SSSR count). The van der Waals surface area contributed by atoms with Gasteiger partial charge >= 0.3 is 5.97 Å². The van der Waals surface area contributed by atoms with Gasteiger partial charge in [-0.3, -0.25) is 9.35 Å². The van der Waals surface area contributed by atoms with Gasteiger partial charge in [0.15, 0.2) is 17.2 Å². The van der Waals surface area contributed by atoms with Crippen LogP contribution in [0.4, 0.5) is 34.1 Å². The molecule has 0 aromatic heterocycles. The Bertz CT molecular complexity index is 2380. The van der Waals surface area contributed by atoms with Crippen LogP contribution in [0.1, 0.15) is 5.56 Å².